The Labute approximate surface area is 172 Å². The molecule has 0 spiro atoms. The van der Waals surface area contributed by atoms with Crippen LogP contribution in [0.4, 0.5) is 0 Å². The van der Waals surface area contributed by atoms with E-state index < -0.39 is 0 Å². The van der Waals surface area contributed by atoms with Crippen LogP contribution in [0, 0.1) is 0 Å². The molecule has 2 fully saturated rings. The van der Waals surface area contributed by atoms with Gasteiger partial charge in [0.1, 0.15) is 5.82 Å². The Bertz CT molecular complexity index is 758. The second kappa shape index (κ2) is 10.1. The van der Waals surface area contributed by atoms with Crippen molar-refractivity contribution in [3.8, 4) is 0 Å². The number of piperidine rings is 1. The minimum Gasteiger partial charge on any atom is -0.376 e. The molecule has 1 atom stereocenters. The highest BCUT2D eigenvalue weighted by molar-refractivity contribution is 5.80. The van der Waals surface area contributed by atoms with Crippen LogP contribution in [0.2, 0.25) is 0 Å². The number of aliphatic imine (C=N–C) groups is 1. The monoisotopic (exact) mass is 399 g/mol. The molecule has 0 aliphatic carbocycles. The van der Waals surface area contributed by atoms with E-state index in [0.29, 0.717) is 12.2 Å². The van der Waals surface area contributed by atoms with Crippen LogP contribution in [0.15, 0.2) is 29.3 Å². The largest absolute Gasteiger partial charge is 0.376 e. The lowest BCUT2D eigenvalue weighted by Crippen LogP contribution is -2.47. The van der Waals surface area contributed by atoms with Crippen molar-refractivity contribution >= 4 is 17.0 Å². The molecule has 0 bridgehead atoms. The van der Waals surface area contributed by atoms with E-state index >= 15 is 0 Å². The van der Waals surface area contributed by atoms with Crippen LogP contribution in [0.3, 0.4) is 0 Å². The van der Waals surface area contributed by atoms with Gasteiger partial charge in [0.05, 0.1) is 29.8 Å². The van der Waals surface area contributed by atoms with E-state index in [9.17, 15) is 0 Å². The number of rotatable bonds is 6. The molecule has 2 N–H and O–H groups in total. The van der Waals surface area contributed by atoms with Crippen molar-refractivity contribution in [2.45, 2.75) is 50.7 Å². The van der Waals surface area contributed by atoms with Crippen LogP contribution in [0.5, 0.6) is 0 Å². The van der Waals surface area contributed by atoms with Gasteiger partial charge in [0, 0.05) is 39.7 Å². The Hall–Kier alpha value is -2.12. The van der Waals surface area contributed by atoms with Gasteiger partial charge in [-0.05, 0) is 44.2 Å². The minimum atomic E-state index is 0.300. The number of fused-ring (bicyclic) bond motifs is 1. The van der Waals surface area contributed by atoms with Gasteiger partial charge in [-0.15, -0.1) is 0 Å². The van der Waals surface area contributed by atoms with Gasteiger partial charge >= 0.3 is 0 Å². The number of ether oxygens (including phenoxy) is 2. The average Bonchev–Trinajstić information content (AvgIpc) is 3.19. The van der Waals surface area contributed by atoms with Crippen molar-refractivity contribution in [2.75, 3.05) is 39.9 Å². The summed E-state index contributed by atoms with van der Waals surface area (Å²) in [5.41, 5.74) is 2.11. The summed E-state index contributed by atoms with van der Waals surface area (Å²) in [5, 5.41) is 3.49. The quantitative estimate of drug-likeness (QED) is 0.577. The van der Waals surface area contributed by atoms with Gasteiger partial charge < -0.3 is 24.7 Å². The maximum absolute atomic E-state index is 6.13. The molecular formula is C22H33N5O2. The number of para-hydroxylation sites is 2. The molecule has 2 aromatic rings. The zero-order chi connectivity index (χ0) is 19.9. The Balaban J connectivity index is 1.18. The fourth-order valence-corrected chi connectivity index (χ4v) is 4.17. The summed E-state index contributed by atoms with van der Waals surface area (Å²) in [6, 6.07) is 8.14. The normalized spacial score (nSPS) is 21.6. The maximum atomic E-state index is 6.13. The molecule has 7 heteroatoms. The molecule has 29 heavy (non-hydrogen) atoms. The summed E-state index contributed by atoms with van der Waals surface area (Å²) in [7, 11) is 1.85. The average molecular weight is 400 g/mol. The Kier molecular flexibility index (Phi) is 7.00. The number of benzene rings is 1. The van der Waals surface area contributed by atoms with Crippen LogP contribution in [-0.2, 0) is 15.9 Å². The molecule has 7 nitrogen and oxygen atoms in total. The third-order valence-corrected chi connectivity index (χ3v) is 5.83. The van der Waals surface area contributed by atoms with E-state index in [2.05, 4.69) is 31.2 Å². The second-order valence-corrected chi connectivity index (χ2v) is 7.93. The lowest BCUT2D eigenvalue weighted by atomic mass is 10.1. The zero-order valence-corrected chi connectivity index (χ0v) is 17.4. The molecule has 2 aliphatic heterocycles. The van der Waals surface area contributed by atoms with Gasteiger partial charge in [0.25, 0.3) is 0 Å². The Morgan fingerprint density at radius 3 is 2.90 bits per heavy atom. The van der Waals surface area contributed by atoms with Crippen molar-refractivity contribution in [2.24, 2.45) is 4.99 Å². The highest BCUT2D eigenvalue weighted by atomic mass is 16.5. The van der Waals surface area contributed by atoms with Crippen LogP contribution in [0.1, 0.15) is 37.9 Å². The van der Waals surface area contributed by atoms with Crippen molar-refractivity contribution < 1.29 is 9.47 Å². The number of guanidine groups is 1. The van der Waals surface area contributed by atoms with Crippen LogP contribution in [-0.4, -0.2) is 72.9 Å². The molecule has 158 valence electrons. The summed E-state index contributed by atoms with van der Waals surface area (Å²) >= 11 is 0. The third kappa shape index (κ3) is 5.48. The maximum Gasteiger partial charge on any atom is 0.193 e. The second-order valence-electron chi connectivity index (χ2n) is 7.93. The van der Waals surface area contributed by atoms with Crippen LogP contribution in [0.25, 0.3) is 11.0 Å². The fraction of sp³-hybridized carbons (Fsp3) is 0.636. The Morgan fingerprint density at radius 2 is 2.14 bits per heavy atom. The first-order chi connectivity index (χ1) is 14.3. The first-order valence-electron chi connectivity index (χ1n) is 10.9. The summed E-state index contributed by atoms with van der Waals surface area (Å²) in [4.78, 5) is 14.8. The first-order valence-corrected chi connectivity index (χ1v) is 10.9. The topological polar surface area (TPSA) is 74.8 Å². The molecular weight excluding hydrogens is 366 g/mol. The molecule has 0 saturated carbocycles. The number of hydrogen-bond acceptors (Lipinski definition) is 4. The third-order valence-electron chi connectivity index (χ3n) is 5.83. The van der Waals surface area contributed by atoms with E-state index in [-0.39, 0.29) is 0 Å². The van der Waals surface area contributed by atoms with E-state index in [1.807, 2.05) is 25.2 Å². The molecule has 2 saturated heterocycles. The highest BCUT2D eigenvalue weighted by Gasteiger charge is 2.23. The molecule has 0 radical (unpaired) electrons. The lowest BCUT2D eigenvalue weighted by Gasteiger charge is -2.35. The number of likely N-dealkylation sites (tertiary alicyclic amines) is 1. The predicted octanol–water partition coefficient (Wildman–Crippen LogP) is 2.73. The van der Waals surface area contributed by atoms with E-state index in [1.54, 1.807) is 0 Å². The van der Waals surface area contributed by atoms with Gasteiger partial charge in [0.2, 0.25) is 0 Å². The number of nitrogens with zero attached hydrogens (tertiary/aromatic N) is 3. The van der Waals surface area contributed by atoms with Crippen molar-refractivity contribution in [3.05, 3.63) is 30.1 Å². The molecule has 0 amide bonds. The lowest BCUT2D eigenvalue weighted by molar-refractivity contribution is -0.0721. The van der Waals surface area contributed by atoms with Gasteiger partial charge in [0.15, 0.2) is 5.96 Å². The molecule has 1 unspecified atom stereocenters. The molecule has 3 heterocycles. The van der Waals surface area contributed by atoms with Crippen molar-refractivity contribution in [1.29, 1.82) is 0 Å². The van der Waals surface area contributed by atoms with Gasteiger partial charge in [-0.1, -0.05) is 12.1 Å². The van der Waals surface area contributed by atoms with Crippen LogP contribution >= 0.6 is 0 Å². The zero-order valence-electron chi connectivity index (χ0n) is 17.4. The molecule has 4 rings (SSSR count). The summed E-state index contributed by atoms with van der Waals surface area (Å²) < 4.78 is 11.9. The summed E-state index contributed by atoms with van der Waals surface area (Å²) in [6.07, 6.45) is 7.16. The Morgan fingerprint density at radius 1 is 1.28 bits per heavy atom. The smallest absolute Gasteiger partial charge is 0.193 e. The fourth-order valence-electron chi connectivity index (χ4n) is 4.17. The summed E-state index contributed by atoms with van der Waals surface area (Å²) in [6.45, 7) is 4.39. The van der Waals surface area contributed by atoms with Crippen molar-refractivity contribution in [1.82, 2.24) is 20.2 Å². The predicted molar refractivity (Wildman–Crippen MR) is 115 cm³/mol. The van der Waals surface area contributed by atoms with Gasteiger partial charge in [-0.25, -0.2) is 4.98 Å². The minimum absolute atomic E-state index is 0.300. The number of aromatic amines is 1. The standard InChI is InChI=1S/C22H33N5O2/c1-23-22(24-12-9-21-25-19-7-2-3-8-20(19)26-21)27-13-10-17(11-14-27)29-16-18-6-4-5-15-28-18/h2-3,7-8,17-18H,4-6,9-16H2,1H3,(H,23,24)(H,25,26). The first kappa shape index (κ1) is 20.2. The van der Waals surface area contributed by atoms with E-state index in [4.69, 9.17) is 9.47 Å². The highest BCUT2D eigenvalue weighted by Crippen LogP contribution is 2.18. The van der Waals surface area contributed by atoms with E-state index in [0.717, 1.165) is 81.3 Å². The molecule has 2 aliphatic rings. The number of aromatic nitrogens is 2. The summed E-state index contributed by atoms with van der Waals surface area (Å²) in [5.74, 6) is 1.97. The van der Waals surface area contributed by atoms with Crippen LogP contribution < -0.4 is 5.32 Å². The van der Waals surface area contributed by atoms with Gasteiger partial charge in [-0.3, -0.25) is 4.99 Å². The van der Waals surface area contributed by atoms with Gasteiger partial charge in [-0.2, -0.15) is 0 Å². The molecule has 1 aromatic heterocycles. The van der Waals surface area contributed by atoms with E-state index in [1.165, 1.54) is 12.8 Å². The number of nitrogens with one attached hydrogen (secondary N) is 2. The number of hydrogen-bond donors (Lipinski definition) is 2. The molecule has 1 aromatic carbocycles. The SMILES string of the molecule is CN=C(NCCc1nc2ccccc2[nH]1)N1CCC(OCC2CCCCO2)CC1. The van der Waals surface area contributed by atoms with Crippen molar-refractivity contribution in [3.63, 3.8) is 0 Å². The number of H-pyrrole nitrogens is 1. The number of imidazole rings is 1.